The summed E-state index contributed by atoms with van der Waals surface area (Å²) in [5.74, 6) is -0.149. The van der Waals surface area contributed by atoms with Crippen molar-refractivity contribution in [3.8, 4) is 0 Å². The van der Waals surface area contributed by atoms with Gasteiger partial charge in [-0.05, 0) is 38.3 Å². The van der Waals surface area contributed by atoms with Crippen molar-refractivity contribution in [1.29, 1.82) is 0 Å². The highest BCUT2D eigenvalue weighted by Gasteiger charge is 2.32. The van der Waals surface area contributed by atoms with Gasteiger partial charge in [0.05, 0.1) is 12.0 Å². The van der Waals surface area contributed by atoms with Crippen LogP contribution in [0.3, 0.4) is 0 Å². The lowest BCUT2D eigenvalue weighted by atomic mass is 9.81. The smallest absolute Gasteiger partial charge is 0.315 e. The molecule has 0 N–H and O–H groups in total. The number of ether oxygens (including phenoxy) is 1. The van der Waals surface area contributed by atoms with Crippen molar-refractivity contribution in [3.63, 3.8) is 0 Å². The minimum absolute atomic E-state index is 0.149. The third kappa shape index (κ3) is 3.09. The second-order valence-corrected chi connectivity index (χ2v) is 4.75. The van der Waals surface area contributed by atoms with Gasteiger partial charge in [0, 0.05) is 0 Å². The normalized spacial score (nSPS) is 11.3. The first-order chi connectivity index (χ1) is 8.04. The predicted octanol–water partition coefficient (Wildman–Crippen LogP) is 3.48. The van der Waals surface area contributed by atoms with E-state index in [9.17, 15) is 4.79 Å². The minimum Gasteiger partial charge on any atom is -0.465 e. The van der Waals surface area contributed by atoms with Crippen LogP contribution in [0.4, 0.5) is 0 Å². The van der Waals surface area contributed by atoms with Crippen LogP contribution in [0.5, 0.6) is 0 Å². The van der Waals surface area contributed by atoms with Gasteiger partial charge in [-0.3, -0.25) is 4.79 Å². The SMILES string of the molecule is CCCc1ccccc1C(C)(C)C(=O)OCC. The van der Waals surface area contributed by atoms with E-state index >= 15 is 0 Å². The van der Waals surface area contributed by atoms with Gasteiger partial charge in [0.1, 0.15) is 0 Å². The molecule has 1 aromatic carbocycles. The third-order valence-corrected chi connectivity index (χ3v) is 3.00. The average Bonchev–Trinajstić information content (AvgIpc) is 2.30. The number of benzene rings is 1. The fraction of sp³-hybridized carbons (Fsp3) is 0.533. The number of hydrogen-bond donors (Lipinski definition) is 0. The zero-order valence-corrected chi connectivity index (χ0v) is 11.2. The van der Waals surface area contributed by atoms with Crippen molar-refractivity contribution in [2.75, 3.05) is 6.61 Å². The summed E-state index contributed by atoms with van der Waals surface area (Å²) in [4.78, 5) is 12.0. The van der Waals surface area contributed by atoms with Crippen molar-refractivity contribution >= 4 is 5.97 Å². The first-order valence-electron chi connectivity index (χ1n) is 6.29. The van der Waals surface area contributed by atoms with E-state index in [0.717, 1.165) is 18.4 Å². The lowest BCUT2D eigenvalue weighted by molar-refractivity contribution is -0.148. The fourth-order valence-corrected chi connectivity index (χ4v) is 2.04. The molecule has 0 aliphatic rings. The summed E-state index contributed by atoms with van der Waals surface area (Å²) in [6.45, 7) is 8.28. The summed E-state index contributed by atoms with van der Waals surface area (Å²) < 4.78 is 5.16. The molecule has 0 heterocycles. The monoisotopic (exact) mass is 234 g/mol. The van der Waals surface area contributed by atoms with Crippen LogP contribution < -0.4 is 0 Å². The van der Waals surface area contributed by atoms with Gasteiger partial charge in [-0.2, -0.15) is 0 Å². The summed E-state index contributed by atoms with van der Waals surface area (Å²) >= 11 is 0. The van der Waals surface area contributed by atoms with Crippen molar-refractivity contribution in [1.82, 2.24) is 0 Å². The summed E-state index contributed by atoms with van der Waals surface area (Å²) in [7, 11) is 0. The lowest BCUT2D eigenvalue weighted by Crippen LogP contribution is -2.32. The van der Waals surface area contributed by atoms with Gasteiger partial charge < -0.3 is 4.74 Å². The molecule has 0 aliphatic carbocycles. The van der Waals surface area contributed by atoms with Crippen LogP contribution in [0.1, 0.15) is 45.2 Å². The van der Waals surface area contributed by atoms with E-state index in [0.29, 0.717) is 6.61 Å². The molecule has 2 heteroatoms. The van der Waals surface area contributed by atoms with Crippen molar-refractivity contribution in [3.05, 3.63) is 35.4 Å². The molecule has 0 amide bonds. The van der Waals surface area contributed by atoms with E-state index in [1.54, 1.807) is 0 Å². The van der Waals surface area contributed by atoms with Gasteiger partial charge in [-0.25, -0.2) is 0 Å². The van der Waals surface area contributed by atoms with Crippen LogP contribution in [-0.4, -0.2) is 12.6 Å². The maximum absolute atomic E-state index is 12.0. The maximum atomic E-state index is 12.0. The zero-order chi connectivity index (χ0) is 12.9. The number of carbonyl (C=O) groups excluding carboxylic acids is 1. The molecular formula is C15H22O2. The molecule has 0 saturated heterocycles. The molecule has 0 aromatic heterocycles. The molecule has 0 fully saturated rings. The second kappa shape index (κ2) is 5.85. The molecule has 1 aromatic rings. The van der Waals surface area contributed by atoms with Crippen molar-refractivity contribution in [2.24, 2.45) is 0 Å². The number of hydrogen-bond acceptors (Lipinski definition) is 2. The van der Waals surface area contributed by atoms with Crippen LogP contribution in [0.25, 0.3) is 0 Å². The van der Waals surface area contributed by atoms with E-state index in [-0.39, 0.29) is 5.97 Å². The average molecular weight is 234 g/mol. The number of carbonyl (C=O) groups is 1. The van der Waals surface area contributed by atoms with Crippen LogP contribution in [0.15, 0.2) is 24.3 Å². The Bertz CT molecular complexity index is 380. The Hall–Kier alpha value is -1.31. The molecule has 17 heavy (non-hydrogen) atoms. The van der Waals surface area contributed by atoms with Gasteiger partial charge in [-0.1, -0.05) is 37.6 Å². The highest BCUT2D eigenvalue weighted by molar-refractivity contribution is 5.82. The predicted molar refractivity (Wildman–Crippen MR) is 70.1 cm³/mol. The zero-order valence-electron chi connectivity index (χ0n) is 11.2. The molecule has 0 spiro atoms. The molecule has 0 atom stereocenters. The van der Waals surface area contributed by atoms with E-state index < -0.39 is 5.41 Å². The summed E-state index contributed by atoms with van der Waals surface area (Å²) in [5.41, 5.74) is 1.76. The molecule has 0 unspecified atom stereocenters. The Labute approximate surface area is 104 Å². The number of rotatable bonds is 5. The Morgan fingerprint density at radius 3 is 2.47 bits per heavy atom. The minimum atomic E-state index is -0.568. The van der Waals surface area contributed by atoms with Gasteiger partial charge in [0.25, 0.3) is 0 Å². The van der Waals surface area contributed by atoms with Crippen LogP contribution in [-0.2, 0) is 21.4 Å². The standard InChI is InChI=1S/C15H22O2/c1-5-9-12-10-7-8-11-13(12)15(3,4)14(16)17-6-2/h7-8,10-11H,5-6,9H2,1-4H3. The second-order valence-electron chi connectivity index (χ2n) is 4.75. The van der Waals surface area contributed by atoms with Crippen LogP contribution in [0.2, 0.25) is 0 Å². The highest BCUT2D eigenvalue weighted by Crippen LogP contribution is 2.28. The Kier molecular flexibility index (Phi) is 4.73. The summed E-state index contributed by atoms with van der Waals surface area (Å²) in [5, 5.41) is 0. The number of esters is 1. The molecule has 2 nitrogen and oxygen atoms in total. The molecule has 94 valence electrons. The largest absolute Gasteiger partial charge is 0.465 e. The molecule has 0 radical (unpaired) electrons. The van der Waals surface area contributed by atoms with E-state index in [2.05, 4.69) is 13.0 Å². The molecule has 1 rings (SSSR count). The lowest BCUT2D eigenvalue weighted by Gasteiger charge is -2.25. The molecule has 0 aliphatic heterocycles. The molecular weight excluding hydrogens is 212 g/mol. The topological polar surface area (TPSA) is 26.3 Å². The Morgan fingerprint density at radius 1 is 1.24 bits per heavy atom. The molecule has 0 saturated carbocycles. The van der Waals surface area contributed by atoms with Gasteiger partial charge in [0.15, 0.2) is 0 Å². The third-order valence-electron chi connectivity index (χ3n) is 3.00. The highest BCUT2D eigenvalue weighted by atomic mass is 16.5. The quantitative estimate of drug-likeness (QED) is 0.729. The van der Waals surface area contributed by atoms with Gasteiger partial charge in [-0.15, -0.1) is 0 Å². The van der Waals surface area contributed by atoms with Gasteiger partial charge >= 0.3 is 5.97 Å². The Balaban J connectivity index is 3.08. The van der Waals surface area contributed by atoms with Crippen molar-refractivity contribution < 1.29 is 9.53 Å². The van der Waals surface area contributed by atoms with Crippen LogP contribution >= 0.6 is 0 Å². The van der Waals surface area contributed by atoms with Crippen molar-refractivity contribution in [2.45, 2.75) is 46.0 Å². The summed E-state index contributed by atoms with van der Waals surface area (Å²) in [6.07, 6.45) is 2.08. The first kappa shape index (κ1) is 13.8. The van der Waals surface area contributed by atoms with E-state index in [4.69, 9.17) is 4.74 Å². The van der Waals surface area contributed by atoms with E-state index in [1.807, 2.05) is 39.0 Å². The summed E-state index contributed by atoms with van der Waals surface area (Å²) in [6, 6.07) is 8.13. The van der Waals surface area contributed by atoms with Gasteiger partial charge in [0.2, 0.25) is 0 Å². The van der Waals surface area contributed by atoms with Crippen LogP contribution in [0, 0.1) is 0 Å². The fourth-order valence-electron chi connectivity index (χ4n) is 2.04. The number of aryl methyl sites for hydroxylation is 1. The maximum Gasteiger partial charge on any atom is 0.315 e. The first-order valence-corrected chi connectivity index (χ1v) is 6.29. The molecule has 0 bridgehead atoms. The Morgan fingerprint density at radius 2 is 1.88 bits per heavy atom. The van der Waals surface area contributed by atoms with E-state index in [1.165, 1.54) is 5.56 Å².